The molecule has 120 valence electrons. The molecule has 0 aromatic heterocycles. The van der Waals surface area contributed by atoms with Crippen molar-refractivity contribution in [1.29, 1.82) is 0 Å². The van der Waals surface area contributed by atoms with Crippen LogP contribution in [0.25, 0.3) is 6.08 Å². The highest BCUT2D eigenvalue weighted by atomic mass is 16.5. The minimum atomic E-state index is 0.245. The Hall–Kier alpha value is -1.81. The van der Waals surface area contributed by atoms with E-state index in [1.165, 1.54) is 0 Å². The molecule has 1 aromatic rings. The summed E-state index contributed by atoms with van der Waals surface area (Å²) in [5.41, 5.74) is 1.85. The van der Waals surface area contributed by atoms with Crippen LogP contribution in [0.5, 0.6) is 11.5 Å². The molecule has 2 rings (SSSR count). The van der Waals surface area contributed by atoms with E-state index in [2.05, 4.69) is 18.7 Å². The van der Waals surface area contributed by atoms with E-state index >= 15 is 0 Å². The zero-order valence-electron chi connectivity index (χ0n) is 13.7. The lowest BCUT2D eigenvalue weighted by molar-refractivity contribution is -0.117. The molecule has 22 heavy (non-hydrogen) atoms. The quantitative estimate of drug-likeness (QED) is 0.757. The lowest BCUT2D eigenvalue weighted by Gasteiger charge is -2.26. The predicted molar refractivity (Wildman–Crippen MR) is 88.5 cm³/mol. The van der Waals surface area contributed by atoms with Gasteiger partial charge >= 0.3 is 0 Å². The number of piperidine rings is 1. The van der Waals surface area contributed by atoms with E-state index < -0.39 is 0 Å². The monoisotopic (exact) mass is 303 g/mol. The Morgan fingerprint density at radius 2 is 2.09 bits per heavy atom. The summed E-state index contributed by atoms with van der Waals surface area (Å²) in [6.45, 7) is 7.42. The number of likely N-dealkylation sites (tertiary alicyclic amines) is 1. The number of hydrogen-bond acceptors (Lipinski definition) is 4. The van der Waals surface area contributed by atoms with Crippen molar-refractivity contribution in [3.63, 3.8) is 0 Å². The summed E-state index contributed by atoms with van der Waals surface area (Å²) in [6.07, 6.45) is 3.53. The minimum absolute atomic E-state index is 0.245. The SMILES string of the molecule is CCCOc1ccc(/C=C2\CN(CC)CCC2=O)cc1OC. The van der Waals surface area contributed by atoms with Crippen LogP contribution in [0.15, 0.2) is 23.8 Å². The molecular weight excluding hydrogens is 278 g/mol. The van der Waals surface area contributed by atoms with Crippen molar-refractivity contribution in [1.82, 2.24) is 4.90 Å². The molecule has 1 fully saturated rings. The molecule has 0 bridgehead atoms. The van der Waals surface area contributed by atoms with Crippen LogP contribution >= 0.6 is 0 Å². The second kappa shape index (κ2) is 7.99. The molecule has 0 N–H and O–H groups in total. The summed E-state index contributed by atoms with van der Waals surface area (Å²) in [5, 5.41) is 0. The van der Waals surface area contributed by atoms with Gasteiger partial charge in [0.15, 0.2) is 17.3 Å². The van der Waals surface area contributed by atoms with Gasteiger partial charge in [-0.3, -0.25) is 9.69 Å². The summed E-state index contributed by atoms with van der Waals surface area (Å²) in [5.74, 6) is 1.70. The number of hydrogen-bond donors (Lipinski definition) is 0. The molecule has 0 amide bonds. The second-order valence-corrected chi connectivity index (χ2v) is 5.47. The molecule has 1 saturated heterocycles. The Morgan fingerprint density at radius 3 is 2.77 bits per heavy atom. The third-order valence-electron chi connectivity index (χ3n) is 3.84. The predicted octanol–water partition coefficient (Wildman–Crippen LogP) is 3.16. The van der Waals surface area contributed by atoms with Gasteiger partial charge in [-0.15, -0.1) is 0 Å². The maximum Gasteiger partial charge on any atom is 0.161 e. The highest BCUT2D eigenvalue weighted by Crippen LogP contribution is 2.29. The van der Waals surface area contributed by atoms with E-state index in [1.54, 1.807) is 7.11 Å². The minimum Gasteiger partial charge on any atom is -0.493 e. The van der Waals surface area contributed by atoms with Gasteiger partial charge in [-0.05, 0) is 36.7 Å². The van der Waals surface area contributed by atoms with Crippen LogP contribution in [0.3, 0.4) is 0 Å². The van der Waals surface area contributed by atoms with Crippen LogP contribution < -0.4 is 9.47 Å². The zero-order chi connectivity index (χ0) is 15.9. The molecule has 1 heterocycles. The van der Waals surface area contributed by atoms with E-state index in [1.807, 2.05) is 24.3 Å². The largest absolute Gasteiger partial charge is 0.493 e. The van der Waals surface area contributed by atoms with Gasteiger partial charge in [0.2, 0.25) is 0 Å². The number of ketones is 1. The Morgan fingerprint density at radius 1 is 1.27 bits per heavy atom. The lowest BCUT2D eigenvalue weighted by atomic mass is 10.0. The van der Waals surface area contributed by atoms with Crippen molar-refractivity contribution in [3.05, 3.63) is 29.3 Å². The summed E-state index contributed by atoms with van der Waals surface area (Å²) in [4.78, 5) is 14.4. The Balaban J connectivity index is 2.21. The highest BCUT2D eigenvalue weighted by Gasteiger charge is 2.20. The van der Waals surface area contributed by atoms with E-state index in [4.69, 9.17) is 9.47 Å². The van der Waals surface area contributed by atoms with Crippen molar-refractivity contribution in [2.24, 2.45) is 0 Å². The highest BCUT2D eigenvalue weighted by molar-refractivity contribution is 6.00. The second-order valence-electron chi connectivity index (χ2n) is 5.47. The maximum atomic E-state index is 12.1. The number of rotatable bonds is 6. The van der Waals surface area contributed by atoms with Gasteiger partial charge in [0.25, 0.3) is 0 Å². The molecule has 0 saturated carbocycles. The number of nitrogens with zero attached hydrogens (tertiary/aromatic N) is 1. The van der Waals surface area contributed by atoms with Crippen molar-refractivity contribution in [2.45, 2.75) is 26.7 Å². The Kier molecular flexibility index (Phi) is 6.01. The zero-order valence-corrected chi connectivity index (χ0v) is 13.7. The van der Waals surface area contributed by atoms with E-state index in [-0.39, 0.29) is 5.78 Å². The molecule has 0 spiro atoms. The van der Waals surface area contributed by atoms with Gasteiger partial charge in [0.1, 0.15) is 0 Å². The van der Waals surface area contributed by atoms with Gasteiger partial charge < -0.3 is 9.47 Å². The van der Waals surface area contributed by atoms with E-state index in [9.17, 15) is 4.79 Å². The average Bonchev–Trinajstić information content (AvgIpc) is 2.55. The lowest BCUT2D eigenvalue weighted by Crippen LogP contribution is -2.35. The summed E-state index contributed by atoms with van der Waals surface area (Å²) < 4.78 is 11.0. The fourth-order valence-electron chi connectivity index (χ4n) is 2.53. The molecule has 4 nitrogen and oxygen atoms in total. The van der Waals surface area contributed by atoms with Crippen LogP contribution in [0.4, 0.5) is 0 Å². The number of Topliss-reactive ketones (excluding diaryl/α,β-unsaturated/α-hetero) is 1. The van der Waals surface area contributed by atoms with Crippen LogP contribution in [0.2, 0.25) is 0 Å². The van der Waals surface area contributed by atoms with E-state index in [0.29, 0.717) is 18.8 Å². The first-order chi connectivity index (χ1) is 10.7. The first-order valence-corrected chi connectivity index (χ1v) is 7.94. The smallest absolute Gasteiger partial charge is 0.161 e. The van der Waals surface area contributed by atoms with Crippen molar-refractivity contribution in [2.75, 3.05) is 33.4 Å². The summed E-state index contributed by atoms with van der Waals surface area (Å²) in [7, 11) is 1.63. The molecule has 1 aliphatic heterocycles. The Bertz CT molecular complexity index is 551. The molecule has 0 atom stereocenters. The average molecular weight is 303 g/mol. The molecule has 4 heteroatoms. The van der Waals surface area contributed by atoms with Gasteiger partial charge in [0.05, 0.1) is 13.7 Å². The fraction of sp³-hybridized carbons (Fsp3) is 0.500. The van der Waals surface area contributed by atoms with Crippen molar-refractivity contribution < 1.29 is 14.3 Å². The number of carbonyl (C=O) groups excluding carboxylic acids is 1. The molecule has 0 radical (unpaired) electrons. The fourth-order valence-corrected chi connectivity index (χ4v) is 2.53. The van der Waals surface area contributed by atoms with Gasteiger partial charge in [-0.2, -0.15) is 0 Å². The standard InChI is InChI=1S/C18H25NO3/c1-4-10-22-17-7-6-14(12-18(17)21-3)11-15-13-19(5-2)9-8-16(15)20/h6-7,11-12H,4-5,8-10,13H2,1-3H3/b15-11+. The number of benzene rings is 1. The maximum absolute atomic E-state index is 12.1. The molecular formula is C18H25NO3. The van der Waals surface area contributed by atoms with E-state index in [0.717, 1.165) is 42.9 Å². The molecule has 0 aliphatic carbocycles. The van der Waals surface area contributed by atoms with Crippen LogP contribution in [0.1, 0.15) is 32.3 Å². The molecule has 1 aromatic carbocycles. The number of methoxy groups -OCH3 is 1. The number of likely N-dealkylation sites (N-methyl/N-ethyl adjacent to an activating group) is 1. The normalized spacial score (nSPS) is 17.8. The summed E-state index contributed by atoms with van der Waals surface area (Å²) in [6, 6.07) is 5.81. The third kappa shape index (κ3) is 4.10. The van der Waals surface area contributed by atoms with Crippen molar-refractivity contribution in [3.8, 4) is 11.5 Å². The molecule has 1 aliphatic rings. The molecule has 0 unspecified atom stereocenters. The van der Waals surface area contributed by atoms with Gasteiger partial charge in [-0.1, -0.05) is 19.9 Å². The van der Waals surface area contributed by atoms with Crippen LogP contribution in [0, 0.1) is 0 Å². The topological polar surface area (TPSA) is 38.8 Å². The van der Waals surface area contributed by atoms with Crippen molar-refractivity contribution >= 4 is 11.9 Å². The summed E-state index contributed by atoms with van der Waals surface area (Å²) >= 11 is 0. The number of carbonyl (C=O) groups is 1. The Labute approximate surface area is 132 Å². The van der Waals surface area contributed by atoms with Crippen LogP contribution in [-0.4, -0.2) is 44.0 Å². The first kappa shape index (κ1) is 16.6. The van der Waals surface area contributed by atoms with Gasteiger partial charge in [-0.25, -0.2) is 0 Å². The number of ether oxygens (including phenoxy) is 2. The van der Waals surface area contributed by atoms with Gasteiger partial charge in [0, 0.05) is 25.1 Å². The first-order valence-electron chi connectivity index (χ1n) is 7.94. The third-order valence-corrected chi connectivity index (χ3v) is 3.84. The van der Waals surface area contributed by atoms with Crippen LogP contribution in [-0.2, 0) is 4.79 Å².